The van der Waals surface area contributed by atoms with Crippen molar-refractivity contribution in [2.24, 2.45) is 4.99 Å². The van der Waals surface area contributed by atoms with E-state index in [1.54, 1.807) is 11.8 Å². The summed E-state index contributed by atoms with van der Waals surface area (Å²) in [6.45, 7) is 0. The Hall–Kier alpha value is -0.470. The van der Waals surface area contributed by atoms with Gasteiger partial charge >= 0.3 is 0 Å². The largest absolute Gasteiger partial charge is 0.258 e. The number of fused-ring (bicyclic) bond motifs is 1. The van der Waals surface area contributed by atoms with E-state index in [1.807, 2.05) is 24.4 Å². The van der Waals surface area contributed by atoms with Crippen molar-refractivity contribution in [2.45, 2.75) is 4.90 Å². The van der Waals surface area contributed by atoms with Gasteiger partial charge in [0.25, 0.3) is 0 Å². The fourth-order valence-corrected chi connectivity index (χ4v) is 2.08. The van der Waals surface area contributed by atoms with Crippen LogP contribution < -0.4 is 0 Å². The zero-order chi connectivity index (χ0) is 7.68. The Morgan fingerprint density at radius 2 is 2.36 bits per heavy atom. The maximum absolute atomic E-state index is 5.92. The molecule has 1 nitrogen and oxygen atoms in total. The Kier molecular flexibility index (Phi) is 1.88. The van der Waals surface area contributed by atoms with Gasteiger partial charge in [0.15, 0.2) is 0 Å². The molecule has 0 fully saturated rings. The van der Waals surface area contributed by atoms with Gasteiger partial charge < -0.3 is 0 Å². The molecule has 1 aromatic rings. The van der Waals surface area contributed by atoms with Gasteiger partial charge in [0.1, 0.15) is 0 Å². The number of halogens is 1. The summed E-state index contributed by atoms with van der Waals surface area (Å²) in [5.74, 6) is 0.952. The molecule has 0 bridgehead atoms. The maximum atomic E-state index is 5.92. The van der Waals surface area contributed by atoms with Crippen LogP contribution in [0.3, 0.4) is 0 Å². The van der Waals surface area contributed by atoms with E-state index in [0.717, 1.165) is 16.5 Å². The van der Waals surface area contributed by atoms with E-state index < -0.39 is 0 Å². The van der Waals surface area contributed by atoms with E-state index in [-0.39, 0.29) is 0 Å². The summed E-state index contributed by atoms with van der Waals surface area (Å²) in [5, 5.41) is 0.742. The summed E-state index contributed by atoms with van der Waals surface area (Å²) in [5.41, 5.74) is 0.922. The Balaban J connectivity index is 2.60. The first-order chi connectivity index (χ1) is 5.38. The van der Waals surface area contributed by atoms with E-state index in [1.165, 1.54) is 4.90 Å². The number of para-hydroxylation sites is 1. The van der Waals surface area contributed by atoms with Gasteiger partial charge in [0, 0.05) is 16.9 Å². The number of aliphatic imine (C=N–C) groups is 1. The van der Waals surface area contributed by atoms with Gasteiger partial charge in [-0.3, -0.25) is 4.99 Å². The topological polar surface area (TPSA) is 12.4 Å². The monoisotopic (exact) mass is 183 g/mol. The Morgan fingerprint density at radius 1 is 1.45 bits per heavy atom. The van der Waals surface area contributed by atoms with Crippen LogP contribution in [0.1, 0.15) is 0 Å². The molecule has 0 aliphatic carbocycles. The van der Waals surface area contributed by atoms with Crippen LogP contribution in [-0.4, -0.2) is 12.0 Å². The van der Waals surface area contributed by atoms with Gasteiger partial charge in [-0.15, -0.1) is 11.8 Å². The third-order valence-corrected chi connectivity index (χ3v) is 2.74. The number of nitrogens with zero attached hydrogens (tertiary/aromatic N) is 1. The quantitative estimate of drug-likeness (QED) is 0.602. The highest BCUT2D eigenvalue weighted by Gasteiger charge is 2.07. The molecule has 0 saturated carbocycles. The highest BCUT2D eigenvalue weighted by molar-refractivity contribution is 8.00. The Labute approximate surface area is 74.5 Å². The highest BCUT2D eigenvalue weighted by atomic mass is 35.5. The third kappa shape index (κ3) is 1.28. The number of rotatable bonds is 0. The number of thioether (sulfide) groups is 1. The first-order valence-corrected chi connectivity index (χ1v) is 4.68. The standard InChI is InChI=1S/C8H6ClNS/c9-6-2-1-3-7-8(6)10-4-5-11-7/h1-4H,5H2. The molecule has 1 aliphatic heterocycles. The maximum Gasteiger partial charge on any atom is 0.0947 e. The molecular formula is C8H6ClNS. The van der Waals surface area contributed by atoms with Crippen LogP contribution in [0, 0.1) is 0 Å². The van der Waals surface area contributed by atoms with Crippen LogP contribution in [0.15, 0.2) is 28.1 Å². The average Bonchev–Trinajstić information content (AvgIpc) is 2.06. The van der Waals surface area contributed by atoms with Crippen LogP contribution in [0.5, 0.6) is 0 Å². The predicted octanol–water partition coefficient (Wildman–Crippen LogP) is 3.15. The molecular weight excluding hydrogens is 178 g/mol. The van der Waals surface area contributed by atoms with Crippen molar-refractivity contribution in [3.8, 4) is 0 Å². The summed E-state index contributed by atoms with van der Waals surface area (Å²) in [6, 6.07) is 5.86. The number of hydrogen-bond acceptors (Lipinski definition) is 2. The van der Waals surface area contributed by atoms with Crippen molar-refractivity contribution >= 4 is 35.3 Å². The van der Waals surface area contributed by atoms with E-state index in [2.05, 4.69) is 4.99 Å². The lowest BCUT2D eigenvalue weighted by molar-refractivity contribution is 1.36. The van der Waals surface area contributed by atoms with Gasteiger partial charge in [-0.25, -0.2) is 0 Å². The summed E-state index contributed by atoms with van der Waals surface area (Å²) in [4.78, 5) is 5.40. The Bertz CT molecular complexity index is 309. The summed E-state index contributed by atoms with van der Waals surface area (Å²) < 4.78 is 0. The molecule has 0 atom stereocenters. The van der Waals surface area contributed by atoms with Crippen LogP contribution in [-0.2, 0) is 0 Å². The lowest BCUT2D eigenvalue weighted by atomic mass is 10.3. The SMILES string of the molecule is Clc1cccc2c1N=CCS2. The minimum atomic E-state index is 0.742. The lowest BCUT2D eigenvalue weighted by Crippen LogP contribution is -1.87. The predicted molar refractivity (Wildman–Crippen MR) is 50.3 cm³/mol. The third-order valence-electron chi connectivity index (χ3n) is 1.48. The summed E-state index contributed by atoms with van der Waals surface area (Å²) >= 11 is 7.68. The van der Waals surface area contributed by atoms with Crippen LogP contribution in [0.25, 0.3) is 0 Å². The molecule has 0 saturated heterocycles. The van der Waals surface area contributed by atoms with Crippen LogP contribution >= 0.6 is 23.4 Å². The molecule has 0 aromatic heterocycles. The molecule has 2 rings (SSSR count). The second kappa shape index (κ2) is 2.88. The molecule has 56 valence electrons. The van der Waals surface area contributed by atoms with E-state index in [0.29, 0.717) is 0 Å². The van der Waals surface area contributed by atoms with Crippen molar-refractivity contribution in [1.82, 2.24) is 0 Å². The first-order valence-electron chi connectivity index (χ1n) is 3.32. The average molecular weight is 184 g/mol. The second-order valence-electron chi connectivity index (χ2n) is 2.21. The molecule has 0 N–H and O–H groups in total. The van der Waals surface area contributed by atoms with Crippen molar-refractivity contribution in [2.75, 3.05) is 5.75 Å². The van der Waals surface area contributed by atoms with Crippen molar-refractivity contribution in [3.63, 3.8) is 0 Å². The fourth-order valence-electron chi connectivity index (χ4n) is 0.993. The highest BCUT2D eigenvalue weighted by Crippen LogP contribution is 2.37. The van der Waals surface area contributed by atoms with Gasteiger partial charge in [-0.1, -0.05) is 17.7 Å². The number of hydrogen-bond donors (Lipinski definition) is 0. The molecule has 11 heavy (non-hydrogen) atoms. The molecule has 0 spiro atoms. The van der Waals surface area contributed by atoms with E-state index in [9.17, 15) is 0 Å². The van der Waals surface area contributed by atoms with Crippen molar-refractivity contribution in [1.29, 1.82) is 0 Å². The molecule has 0 radical (unpaired) electrons. The molecule has 3 heteroatoms. The van der Waals surface area contributed by atoms with Gasteiger partial charge in [-0.05, 0) is 12.1 Å². The van der Waals surface area contributed by atoms with E-state index in [4.69, 9.17) is 11.6 Å². The summed E-state index contributed by atoms with van der Waals surface area (Å²) in [7, 11) is 0. The molecule has 1 aromatic carbocycles. The van der Waals surface area contributed by atoms with Crippen LogP contribution in [0.2, 0.25) is 5.02 Å². The van der Waals surface area contributed by atoms with Crippen molar-refractivity contribution in [3.05, 3.63) is 23.2 Å². The summed E-state index contributed by atoms with van der Waals surface area (Å²) in [6.07, 6.45) is 1.89. The zero-order valence-corrected chi connectivity index (χ0v) is 7.32. The molecule has 1 aliphatic rings. The lowest BCUT2D eigenvalue weighted by Gasteiger charge is -2.08. The normalized spacial score (nSPS) is 14.6. The smallest absolute Gasteiger partial charge is 0.0947 e. The molecule has 0 unspecified atom stereocenters. The van der Waals surface area contributed by atoms with Gasteiger partial charge in [0.05, 0.1) is 10.7 Å². The molecule has 1 heterocycles. The molecule has 0 amide bonds. The Morgan fingerprint density at radius 3 is 3.18 bits per heavy atom. The first kappa shape index (κ1) is 7.19. The zero-order valence-electron chi connectivity index (χ0n) is 5.75. The van der Waals surface area contributed by atoms with Gasteiger partial charge in [-0.2, -0.15) is 0 Å². The fraction of sp³-hybridized carbons (Fsp3) is 0.125. The second-order valence-corrected chi connectivity index (χ2v) is 3.68. The minimum absolute atomic E-state index is 0.742. The number of benzene rings is 1. The minimum Gasteiger partial charge on any atom is -0.258 e. The van der Waals surface area contributed by atoms with Crippen LogP contribution in [0.4, 0.5) is 5.69 Å². The van der Waals surface area contributed by atoms with E-state index >= 15 is 0 Å². The van der Waals surface area contributed by atoms with Crippen molar-refractivity contribution < 1.29 is 0 Å². The van der Waals surface area contributed by atoms with Gasteiger partial charge in [0.2, 0.25) is 0 Å².